The van der Waals surface area contributed by atoms with Gasteiger partial charge in [-0.3, -0.25) is 0 Å². The number of hydrogen-bond acceptors (Lipinski definition) is 5. The van der Waals surface area contributed by atoms with Crippen LogP contribution < -0.4 is 20.4 Å². The zero-order chi connectivity index (χ0) is 18.8. The number of hydrogen-bond donors (Lipinski definition) is 0. The quantitative estimate of drug-likeness (QED) is 0.548. The molecule has 6 nitrogen and oxygen atoms in total. The molecule has 3 aromatic carbocycles. The normalized spacial score (nSPS) is 15.3. The second kappa shape index (κ2) is 5.53. The number of nitrogens with zero attached hydrogens (tertiary/aromatic N) is 3. The molecule has 0 bridgehead atoms. The van der Waals surface area contributed by atoms with E-state index in [0.29, 0.717) is 27.6 Å². The number of sulfonamides is 1. The van der Waals surface area contributed by atoms with Gasteiger partial charge in [-0.05, 0) is 32.0 Å². The molecule has 7 heteroatoms. The summed E-state index contributed by atoms with van der Waals surface area (Å²) in [6.45, 7) is 6.02. The topological polar surface area (TPSA) is 71.3 Å². The average Bonchev–Trinajstić information content (AvgIpc) is 2.93. The zero-order valence-corrected chi connectivity index (χ0v) is 15.7. The molecule has 0 aliphatic carbocycles. The van der Waals surface area contributed by atoms with Gasteiger partial charge in [0.2, 0.25) is 0 Å². The minimum absolute atomic E-state index is 0.232. The summed E-state index contributed by atoms with van der Waals surface area (Å²) in [6.07, 6.45) is 0. The summed E-state index contributed by atoms with van der Waals surface area (Å²) in [5.74, 6) is 1.19. The van der Waals surface area contributed by atoms with E-state index in [1.54, 1.807) is 18.2 Å². The summed E-state index contributed by atoms with van der Waals surface area (Å²) < 4.78 is 34.6. The molecule has 2 aliphatic rings. The Hall–Kier alpha value is -2.93. The van der Waals surface area contributed by atoms with Crippen molar-refractivity contribution in [1.82, 2.24) is 0 Å². The maximum atomic E-state index is 12.3. The largest absolute Gasteiger partial charge is 0.453 e. The van der Waals surface area contributed by atoms with Crippen LogP contribution >= 0.6 is 0 Å². The third-order valence-corrected chi connectivity index (χ3v) is 6.39. The van der Waals surface area contributed by atoms with E-state index in [0.717, 1.165) is 29.9 Å². The first-order valence-corrected chi connectivity index (χ1v) is 10.3. The lowest BCUT2D eigenvalue weighted by Crippen LogP contribution is -2.22. The highest BCUT2D eigenvalue weighted by molar-refractivity contribution is 7.90. The van der Waals surface area contributed by atoms with E-state index >= 15 is 0 Å². The maximum absolute atomic E-state index is 12.3. The van der Waals surface area contributed by atoms with E-state index in [-0.39, 0.29) is 4.90 Å². The highest BCUT2D eigenvalue weighted by atomic mass is 32.2. The lowest BCUT2D eigenvalue weighted by atomic mass is 10.1. The first kappa shape index (κ1) is 16.3. The summed E-state index contributed by atoms with van der Waals surface area (Å²) in [7, 11) is -3.66. The maximum Gasteiger partial charge on any atom is 0.283 e. The fourth-order valence-electron chi connectivity index (χ4n) is 3.75. The van der Waals surface area contributed by atoms with E-state index in [2.05, 4.69) is 23.1 Å². The summed E-state index contributed by atoms with van der Waals surface area (Å²) >= 11 is 0. The van der Waals surface area contributed by atoms with E-state index in [4.69, 9.17) is 9.73 Å². The fourth-order valence-corrected chi connectivity index (χ4v) is 4.97. The van der Waals surface area contributed by atoms with Crippen LogP contribution in [0, 0.1) is 0 Å². The van der Waals surface area contributed by atoms with Crippen LogP contribution in [0.3, 0.4) is 0 Å². The van der Waals surface area contributed by atoms with Gasteiger partial charge in [0.25, 0.3) is 10.0 Å². The third kappa shape index (κ3) is 2.28. The van der Waals surface area contributed by atoms with Gasteiger partial charge in [0.15, 0.2) is 11.5 Å². The first-order chi connectivity index (χ1) is 13.0. The van der Waals surface area contributed by atoms with Gasteiger partial charge in [-0.25, -0.2) is 4.99 Å². The van der Waals surface area contributed by atoms with Gasteiger partial charge in [-0.2, -0.15) is 12.8 Å². The van der Waals surface area contributed by atoms with Gasteiger partial charge in [0.1, 0.15) is 11.0 Å². The Labute approximate surface area is 156 Å². The molecule has 0 atom stereocenters. The Morgan fingerprint density at radius 3 is 2.63 bits per heavy atom. The summed E-state index contributed by atoms with van der Waals surface area (Å²) in [5, 5.41) is 2.42. The smallest absolute Gasteiger partial charge is 0.283 e. The summed E-state index contributed by atoms with van der Waals surface area (Å²) in [5.41, 5.74) is 1.80. The molecule has 0 unspecified atom stereocenters. The van der Waals surface area contributed by atoms with Crippen molar-refractivity contribution in [3.05, 3.63) is 53.2 Å². The Bertz CT molecular complexity index is 1340. The molecule has 2 heterocycles. The number of fused-ring (bicyclic) bond motifs is 3. The Balaban J connectivity index is 1.78. The molecule has 0 saturated carbocycles. The Kier molecular flexibility index (Phi) is 3.33. The predicted octanol–water partition coefficient (Wildman–Crippen LogP) is 3.06. The van der Waals surface area contributed by atoms with Crippen LogP contribution in [0.4, 0.5) is 11.4 Å². The SMILES string of the molecule is CCN(CC)c1ccc2c(c1)Oc1cc3c4c(cccc4c1=N2)S(=O)(=O)N=3. The van der Waals surface area contributed by atoms with Gasteiger partial charge in [0.05, 0.1) is 10.3 Å². The molecule has 136 valence electrons. The molecular formula is C20H17N3O3S. The molecule has 0 saturated heterocycles. The fraction of sp³-hybridized carbons (Fsp3) is 0.200. The lowest BCUT2D eigenvalue weighted by molar-refractivity contribution is 0.470. The van der Waals surface area contributed by atoms with Crippen LogP contribution in [0.5, 0.6) is 11.5 Å². The summed E-state index contributed by atoms with van der Waals surface area (Å²) in [6, 6.07) is 12.8. The third-order valence-electron chi connectivity index (χ3n) is 5.06. The van der Waals surface area contributed by atoms with Crippen molar-refractivity contribution in [2.75, 3.05) is 18.0 Å². The minimum Gasteiger partial charge on any atom is -0.453 e. The van der Waals surface area contributed by atoms with Crippen LogP contribution in [0.1, 0.15) is 13.8 Å². The second-order valence-electron chi connectivity index (χ2n) is 6.53. The van der Waals surface area contributed by atoms with E-state index in [1.807, 2.05) is 24.3 Å². The molecule has 27 heavy (non-hydrogen) atoms. The van der Waals surface area contributed by atoms with Crippen molar-refractivity contribution in [1.29, 1.82) is 0 Å². The number of anilines is 1. The molecule has 0 radical (unpaired) electrons. The standard InChI is InChI=1S/C20H17N3O3S/c1-3-23(4-2)12-8-9-14-16(10-12)26-17-11-15-19-13(20(17)21-14)6-5-7-18(19)27(24,25)22-15/h5-11H,3-4H2,1-2H3. The second-order valence-corrected chi connectivity index (χ2v) is 8.10. The van der Waals surface area contributed by atoms with Crippen molar-refractivity contribution in [2.24, 2.45) is 9.39 Å². The molecule has 0 amide bonds. The summed E-state index contributed by atoms with van der Waals surface area (Å²) in [4.78, 5) is 7.23. The molecule has 0 aromatic heterocycles. The van der Waals surface area contributed by atoms with Crippen LogP contribution in [0.2, 0.25) is 0 Å². The van der Waals surface area contributed by atoms with Crippen LogP contribution in [-0.4, -0.2) is 21.5 Å². The van der Waals surface area contributed by atoms with Gasteiger partial charge in [-0.1, -0.05) is 12.1 Å². The van der Waals surface area contributed by atoms with Crippen molar-refractivity contribution in [2.45, 2.75) is 18.7 Å². The van der Waals surface area contributed by atoms with Gasteiger partial charge in [-0.15, -0.1) is 0 Å². The van der Waals surface area contributed by atoms with Crippen LogP contribution in [0.15, 0.2) is 56.8 Å². The molecule has 3 aromatic rings. The van der Waals surface area contributed by atoms with Crippen LogP contribution in [-0.2, 0) is 10.0 Å². The van der Waals surface area contributed by atoms with Gasteiger partial charge in [0, 0.05) is 41.7 Å². The van der Waals surface area contributed by atoms with Crippen molar-refractivity contribution in [3.63, 3.8) is 0 Å². The molecule has 0 N–H and O–H groups in total. The first-order valence-electron chi connectivity index (χ1n) is 8.88. The average molecular weight is 379 g/mol. The van der Waals surface area contributed by atoms with Gasteiger partial charge >= 0.3 is 0 Å². The van der Waals surface area contributed by atoms with Crippen LogP contribution in [0.25, 0.3) is 10.8 Å². The molecule has 0 fully saturated rings. The van der Waals surface area contributed by atoms with E-state index in [9.17, 15) is 8.42 Å². The highest BCUT2D eigenvalue weighted by Gasteiger charge is 2.26. The predicted molar refractivity (Wildman–Crippen MR) is 103 cm³/mol. The zero-order valence-electron chi connectivity index (χ0n) is 14.9. The van der Waals surface area contributed by atoms with Crippen molar-refractivity contribution >= 4 is 32.2 Å². The Morgan fingerprint density at radius 2 is 1.85 bits per heavy atom. The number of rotatable bonds is 3. The number of ether oxygens (including phenoxy) is 1. The highest BCUT2D eigenvalue weighted by Crippen LogP contribution is 2.38. The van der Waals surface area contributed by atoms with Crippen molar-refractivity contribution < 1.29 is 13.2 Å². The molecule has 2 aliphatic heterocycles. The molecular weight excluding hydrogens is 362 g/mol. The Morgan fingerprint density at radius 1 is 1.04 bits per heavy atom. The van der Waals surface area contributed by atoms with E-state index in [1.165, 1.54) is 0 Å². The molecule has 0 spiro atoms. The van der Waals surface area contributed by atoms with Crippen molar-refractivity contribution in [3.8, 4) is 11.5 Å². The monoisotopic (exact) mass is 379 g/mol. The minimum atomic E-state index is -3.66. The van der Waals surface area contributed by atoms with Gasteiger partial charge < -0.3 is 9.64 Å². The van der Waals surface area contributed by atoms with E-state index < -0.39 is 10.0 Å². The number of benzene rings is 3. The lowest BCUT2D eigenvalue weighted by Gasteiger charge is -2.23. The molecule has 5 rings (SSSR count).